The molecule has 0 aliphatic rings. The van der Waals surface area contributed by atoms with Crippen LogP contribution in [0.4, 0.5) is 23.1 Å². The minimum absolute atomic E-state index is 0.0920. The maximum Gasteiger partial charge on any atom is 0.296 e. The number of azo groups is 1. The minimum Gasteiger partial charge on any atom is -0.421 e. The molecule has 0 aliphatic heterocycles. The number of hydrogen-bond acceptors (Lipinski definition) is 6. The van der Waals surface area contributed by atoms with E-state index < -0.39 is 4.92 Å². The molecular weight excluding hydrogens is 248 g/mol. The van der Waals surface area contributed by atoms with Crippen molar-refractivity contribution in [2.45, 2.75) is 0 Å². The van der Waals surface area contributed by atoms with Crippen molar-refractivity contribution in [1.82, 2.24) is 0 Å². The molecule has 0 spiro atoms. The molecule has 0 atom stereocenters. The van der Waals surface area contributed by atoms with Crippen molar-refractivity contribution in [3.8, 4) is 0 Å². The summed E-state index contributed by atoms with van der Waals surface area (Å²) < 4.78 is 5.36. The van der Waals surface area contributed by atoms with Gasteiger partial charge < -0.3 is 9.32 Å². The number of nitro benzene ring substituents is 1. The van der Waals surface area contributed by atoms with E-state index >= 15 is 0 Å². The molecule has 0 N–H and O–H groups in total. The molecule has 0 fully saturated rings. The minimum atomic E-state index is -0.498. The van der Waals surface area contributed by atoms with Crippen molar-refractivity contribution in [2.24, 2.45) is 10.2 Å². The molecule has 1 aromatic carbocycles. The van der Waals surface area contributed by atoms with E-state index in [1.165, 1.54) is 12.1 Å². The van der Waals surface area contributed by atoms with Gasteiger partial charge in [-0.1, -0.05) is 12.1 Å². The number of rotatable bonds is 4. The van der Waals surface area contributed by atoms with Crippen molar-refractivity contribution >= 4 is 23.1 Å². The summed E-state index contributed by atoms with van der Waals surface area (Å²) in [6.07, 6.45) is 0. The van der Waals surface area contributed by atoms with Gasteiger partial charge >= 0.3 is 0 Å². The summed E-state index contributed by atoms with van der Waals surface area (Å²) in [7, 11) is 3.67. The molecule has 19 heavy (non-hydrogen) atoms. The Hall–Kier alpha value is -2.70. The Morgan fingerprint density at radius 3 is 2.53 bits per heavy atom. The lowest BCUT2D eigenvalue weighted by Crippen LogP contribution is -2.06. The van der Waals surface area contributed by atoms with Crippen LogP contribution >= 0.6 is 0 Å². The highest BCUT2D eigenvalue weighted by Crippen LogP contribution is 2.29. The van der Waals surface area contributed by atoms with Gasteiger partial charge in [0.2, 0.25) is 5.88 Å². The first-order valence-electron chi connectivity index (χ1n) is 5.50. The molecule has 0 bridgehead atoms. The van der Waals surface area contributed by atoms with Crippen molar-refractivity contribution in [2.75, 3.05) is 19.0 Å². The van der Waals surface area contributed by atoms with E-state index in [4.69, 9.17) is 4.42 Å². The molecular formula is C12H12N4O3. The zero-order valence-corrected chi connectivity index (χ0v) is 10.5. The van der Waals surface area contributed by atoms with Crippen molar-refractivity contribution in [1.29, 1.82) is 0 Å². The molecule has 2 aromatic rings. The molecule has 0 saturated heterocycles. The second-order valence-corrected chi connectivity index (χ2v) is 3.95. The van der Waals surface area contributed by atoms with Crippen molar-refractivity contribution < 1.29 is 9.34 Å². The normalized spacial score (nSPS) is 10.8. The van der Waals surface area contributed by atoms with E-state index in [1.54, 1.807) is 29.2 Å². The Bertz CT molecular complexity index is 619. The van der Waals surface area contributed by atoms with E-state index in [-0.39, 0.29) is 11.4 Å². The zero-order valence-electron chi connectivity index (χ0n) is 10.5. The summed E-state index contributed by atoms with van der Waals surface area (Å²) in [5.41, 5.74) is 0.0981. The van der Waals surface area contributed by atoms with Gasteiger partial charge in [0.25, 0.3) is 5.69 Å². The summed E-state index contributed by atoms with van der Waals surface area (Å²) in [5.74, 6) is 0.929. The fourth-order valence-electron chi connectivity index (χ4n) is 1.42. The fourth-order valence-corrected chi connectivity index (χ4v) is 1.42. The third kappa shape index (κ3) is 2.95. The quantitative estimate of drug-likeness (QED) is 0.477. The Morgan fingerprint density at radius 1 is 1.16 bits per heavy atom. The van der Waals surface area contributed by atoms with Gasteiger partial charge in [-0.05, 0) is 6.07 Å². The lowest BCUT2D eigenvalue weighted by atomic mass is 10.3. The lowest BCUT2D eigenvalue weighted by Gasteiger charge is -2.05. The van der Waals surface area contributed by atoms with Gasteiger partial charge in [-0.25, -0.2) is 0 Å². The molecule has 1 heterocycles. The molecule has 98 valence electrons. The maximum absolute atomic E-state index is 10.8. The highest BCUT2D eigenvalue weighted by molar-refractivity contribution is 5.56. The van der Waals surface area contributed by atoms with E-state index in [9.17, 15) is 10.1 Å². The van der Waals surface area contributed by atoms with Crippen LogP contribution in [0.25, 0.3) is 0 Å². The second-order valence-electron chi connectivity index (χ2n) is 3.95. The molecule has 0 amide bonds. The Balaban J connectivity index is 2.25. The summed E-state index contributed by atoms with van der Waals surface area (Å²) in [4.78, 5) is 12.1. The van der Waals surface area contributed by atoms with Gasteiger partial charge in [-0.15, -0.1) is 10.2 Å². The smallest absolute Gasteiger partial charge is 0.296 e. The molecule has 0 radical (unpaired) electrons. The molecule has 7 heteroatoms. The Kier molecular flexibility index (Phi) is 3.56. The van der Waals surface area contributed by atoms with Crippen LogP contribution in [0, 0.1) is 10.1 Å². The van der Waals surface area contributed by atoms with Crippen LogP contribution in [0.3, 0.4) is 0 Å². The van der Waals surface area contributed by atoms with E-state index in [1.807, 2.05) is 14.1 Å². The average molecular weight is 260 g/mol. The first-order chi connectivity index (χ1) is 9.08. The van der Waals surface area contributed by atoms with Crippen LogP contribution in [0.5, 0.6) is 0 Å². The number of furan rings is 1. The van der Waals surface area contributed by atoms with Crippen molar-refractivity contribution in [3.63, 3.8) is 0 Å². The highest BCUT2D eigenvalue weighted by Gasteiger charge is 2.11. The lowest BCUT2D eigenvalue weighted by molar-refractivity contribution is -0.384. The number of anilines is 1. The van der Waals surface area contributed by atoms with Gasteiger partial charge in [0, 0.05) is 32.3 Å². The molecule has 1 aromatic heterocycles. The molecule has 2 rings (SSSR count). The Labute approximate surface area is 109 Å². The third-order valence-electron chi connectivity index (χ3n) is 2.35. The molecule has 0 saturated carbocycles. The number of benzene rings is 1. The Morgan fingerprint density at radius 2 is 1.89 bits per heavy atom. The van der Waals surface area contributed by atoms with Gasteiger partial charge in [-0.3, -0.25) is 10.1 Å². The standard InChI is InChI=1S/C12H12N4O3/c1-15(2)12-8-7-11(19-12)14-13-9-5-3-4-6-10(9)16(17)18/h3-8H,1-2H3. The fraction of sp³-hybridized carbons (Fsp3) is 0.167. The summed E-state index contributed by atoms with van der Waals surface area (Å²) in [6.45, 7) is 0. The zero-order chi connectivity index (χ0) is 13.8. The summed E-state index contributed by atoms with van der Waals surface area (Å²) in [5, 5.41) is 18.5. The van der Waals surface area contributed by atoms with Crippen molar-refractivity contribution in [3.05, 3.63) is 46.5 Å². The number of para-hydroxylation sites is 1. The SMILES string of the molecule is CN(C)c1ccc(N=Nc2ccccc2[N+](=O)[O-])o1. The van der Waals surface area contributed by atoms with E-state index in [0.717, 1.165) is 0 Å². The number of hydrogen-bond donors (Lipinski definition) is 0. The highest BCUT2D eigenvalue weighted by atomic mass is 16.6. The third-order valence-corrected chi connectivity index (χ3v) is 2.35. The second kappa shape index (κ2) is 5.30. The van der Waals surface area contributed by atoms with E-state index in [0.29, 0.717) is 11.8 Å². The van der Waals surface area contributed by atoms with Gasteiger partial charge in [0.1, 0.15) is 0 Å². The maximum atomic E-state index is 10.8. The predicted octanol–water partition coefficient (Wildman–Crippen LogP) is 3.67. The largest absolute Gasteiger partial charge is 0.421 e. The summed E-state index contributed by atoms with van der Waals surface area (Å²) in [6, 6.07) is 9.53. The van der Waals surface area contributed by atoms with Crippen LogP contribution in [0.15, 0.2) is 51.0 Å². The van der Waals surface area contributed by atoms with Gasteiger partial charge in [0.15, 0.2) is 11.6 Å². The van der Waals surface area contributed by atoms with Crippen LogP contribution in [0.2, 0.25) is 0 Å². The number of nitro groups is 1. The van der Waals surface area contributed by atoms with E-state index in [2.05, 4.69) is 10.2 Å². The van der Waals surface area contributed by atoms with Crippen LogP contribution in [0.1, 0.15) is 0 Å². The first kappa shape index (κ1) is 12.7. The first-order valence-corrected chi connectivity index (χ1v) is 5.50. The monoisotopic (exact) mass is 260 g/mol. The van der Waals surface area contributed by atoms with Crippen LogP contribution in [-0.4, -0.2) is 19.0 Å². The van der Waals surface area contributed by atoms with Gasteiger partial charge in [0.05, 0.1) is 4.92 Å². The molecule has 0 aliphatic carbocycles. The van der Waals surface area contributed by atoms with Crippen LogP contribution < -0.4 is 4.90 Å². The predicted molar refractivity (Wildman–Crippen MR) is 70.3 cm³/mol. The molecule has 0 unspecified atom stereocenters. The summed E-state index contributed by atoms with van der Waals surface area (Å²) >= 11 is 0. The molecule has 7 nitrogen and oxygen atoms in total. The topological polar surface area (TPSA) is 84.2 Å². The average Bonchev–Trinajstić information content (AvgIpc) is 2.85. The van der Waals surface area contributed by atoms with Crippen LogP contribution in [-0.2, 0) is 0 Å². The van der Waals surface area contributed by atoms with Gasteiger partial charge in [-0.2, -0.15) is 0 Å². The number of nitrogens with zero attached hydrogens (tertiary/aromatic N) is 4.